The van der Waals surface area contributed by atoms with Crippen LogP contribution in [0.15, 0.2) is 12.3 Å². The van der Waals surface area contributed by atoms with E-state index in [2.05, 4.69) is 9.97 Å². The molecule has 0 aliphatic rings. The Kier molecular flexibility index (Phi) is 2.38. The van der Waals surface area contributed by atoms with E-state index in [1.165, 1.54) is 0 Å². The maximum atomic E-state index is 5.39. The first-order valence-electron chi connectivity index (χ1n) is 3.40. The monoisotopic (exact) mass is 152 g/mol. The summed E-state index contributed by atoms with van der Waals surface area (Å²) >= 11 is 0. The molecular weight excluding hydrogens is 140 g/mol. The Bertz CT molecular complexity index is 234. The van der Waals surface area contributed by atoms with Crippen LogP contribution in [0.1, 0.15) is 5.69 Å². The third-order valence-corrected chi connectivity index (χ3v) is 1.21. The van der Waals surface area contributed by atoms with Gasteiger partial charge in [0.1, 0.15) is 0 Å². The first-order chi connectivity index (χ1) is 5.18. The lowest BCUT2D eigenvalue weighted by Gasteiger charge is -2.07. The molecule has 4 heteroatoms. The zero-order valence-electron chi connectivity index (χ0n) is 6.78. The predicted octanol–water partition coefficient (Wildman–Crippen LogP) is 0.120. The molecule has 0 aromatic carbocycles. The molecular formula is C7H12N4. The van der Waals surface area contributed by atoms with Crippen molar-refractivity contribution in [3.8, 4) is 0 Å². The van der Waals surface area contributed by atoms with E-state index < -0.39 is 0 Å². The predicted molar refractivity (Wildman–Crippen MR) is 43.8 cm³/mol. The Hall–Kier alpha value is -1.16. The van der Waals surface area contributed by atoms with E-state index >= 15 is 0 Å². The second-order valence-electron chi connectivity index (χ2n) is 2.64. The largest absolute Gasteiger partial charge is 0.368 e. The van der Waals surface area contributed by atoms with Crippen molar-refractivity contribution in [3.63, 3.8) is 0 Å². The summed E-state index contributed by atoms with van der Waals surface area (Å²) in [6, 6.07) is 1.86. The average molecular weight is 152 g/mol. The van der Waals surface area contributed by atoms with Crippen LogP contribution in [0.5, 0.6) is 0 Å². The summed E-state index contributed by atoms with van der Waals surface area (Å²) in [7, 11) is 3.97. The fourth-order valence-corrected chi connectivity index (χ4v) is 0.825. The van der Waals surface area contributed by atoms with E-state index in [4.69, 9.17) is 5.73 Å². The van der Waals surface area contributed by atoms with Crippen molar-refractivity contribution in [1.82, 2.24) is 14.9 Å². The number of rotatable bonds is 2. The van der Waals surface area contributed by atoms with Crippen LogP contribution in [0.3, 0.4) is 0 Å². The summed E-state index contributed by atoms with van der Waals surface area (Å²) in [4.78, 5) is 9.86. The van der Waals surface area contributed by atoms with Gasteiger partial charge >= 0.3 is 0 Å². The SMILES string of the molecule is CN(C)Cc1ccnc(N)n1. The Morgan fingerprint density at radius 3 is 2.82 bits per heavy atom. The van der Waals surface area contributed by atoms with Gasteiger partial charge in [0, 0.05) is 12.7 Å². The lowest BCUT2D eigenvalue weighted by molar-refractivity contribution is 0.397. The van der Waals surface area contributed by atoms with Gasteiger partial charge in [0.25, 0.3) is 0 Å². The molecule has 0 unspecified atom stereocenters. The maximum Gasteiger partial charge on any atom is 0.220 e. The van der Waals surface area contributed by atoms with Crippen molar-refractivity contribution in [2.24, 2.45) is 0 Å². The zero-order valence-corrected chi connectivity index (χ0v) is 6.78. The van der Waals surface area contributed by atoms with Gasteiger partial charge in [0.15, 0.2) is 0 Å². The van der Waals surface area contributed by atoms with E-state index in [9.17, 15) is 0 Å². The van der Waals surface area contributed by atoms with Crippen LogP contribution in [-0.2, 0) is 6.54 Å². The first kappa shape index (κ1) is 7.94. The van der Waals surface area contributed by atoms with Crippen LogP contribution < -0.4 is 5.73 Å². The Labute approximate surface area is 66.1 Å². The molecule has 1 aromatic rings. The molecule has 0 saturated heterocycles. The van der Waals surface area contributed by atoms with Crippen molar-refractivity contribution < 1.29 is 0 Å². The van der Waals surface area contributed by atoms with Gasteiger partial charge in [-0.25, -0.2) is 9.97 Å². The molecule has 0 spiro atoms. The van der Waals surface area contributed by atoms with Gasteiger partial charge in [-0.3, -0.25) is 0 Å². The topological polar surface area (TPSA) is 55.0 Å². The quantitative estimate of drug-likeness (QED) is 0.654. The molecule has 0 aliphatic heterocycles. The second-order valence-corrected chi connectivity index (χ2v) is 2.64. The molecule has 11 heavy (non-hydrogen) atoms. The van der Waals surface area contributed by atoms with Gasteiger partial charge in [-0.1, -0.05) is 0 Å². The minimum Gasteiger partial charge on any atom is -0.368 e. The highest BCUT2D eigenvalue weighted by molar-refractivity contribution is 5.16. The van der Waals surface area contributed by atoms with Crippen LogP contribution in [0.25, 0.3) is 0 Å². The van der Waals surface area contributed by atoms with Gasteiger partial charge in [0.05, 0.1) is 5.69 Å². The van der Waals surface area contributed by atoms with Crippen LogP contribution in [-0.4, -0.2) is 29.0 Å². The summed E-state index contributed by atoms with van der Waals surface area (Å²) < 4.78 is 0. The van der Waals surface area contributed by atoms with Crippen molar-refractivity contribution >= 4 is 5.95 Å². The molecule has 0 amide bonds. The third-order valence-electron chi connectivity index (χ3n) is 1.21. The standard InChI is InChI=1S/C7H12N4/c1-11(2)5-6-3-4-9-7(8)10-6/h3-4H,5H2,1-2H3,(H2,8,9,10). The number of hydrogen-bond acceptors (Lipinski definition) is 4. The highest BCUT2D eigenvalue weighted by atomic mass is 15.1. The second kappa shape index (κ2) is 3.30. The van der Waals surface area contributed by atoms with Gasteiger partial charge in [-0.2, -0.15) is 0 Å². The average Bonchev–Trinajstić information content (AvgIpc) is 1.85. The van der Waals surface area contributed by atoms with Crippen LogP contribution in [0, 0.1) is 0 Å². The number of anilines is 1. The number of nitrogens with zero attached hydrogens (tertiary/aromatic N) is 3. The van der Waals surface area contributed by atoms with Crippen LogP contribution in [0.2, 0.25) is 0 Å². The minimum absolute atomic E-state index is 0.337. The molecule has 0 saturated carbocycles. The maximum absolute atomic E-state index is 5.39. The lowest BCUT2D eigenvalue weighted by atomic mass is 10.4. The fraction of sp³-hybridized carbons (Fsp3) is 0.429. The van der Waals surface area contributed by atoms with Crippen molar-refractivity contribution in [2.45, 2.75) is 6.54 Å². The lowest BCUT2D eigenvalue weighted by Crippen LogP contribution is -2.12. The Morgan fingerprint density at radius 1 is 1.55 bits per heavy atom. The molecule has 0 fully saturated rings. The van der Waals surface area contributed by atoms with Gasteiger partial charge < -0.3 is 10.6 Å². The molecule has 0 radical (unpaired) electrons. The van der Waals surface area contributed by atoms with Crippen molar-refractivity contribution in [2.75, 3.05) is 19.8 Å². The number of hydrogen-bond donors (Lipinski definition) is 1. The van der Waals surface area contributed by atoms with E-state index in [-0.39, 0.29) is 0 Å². The molecule has 0 atom stereocenters. The zero-order chi connectivity index (χ0) is 8.27. The number of nitrogen functional groups attached to an aromatic ring is 1. The van der Waals surface area contributed by atoms with Gasteiger partial charge in [-0.15, -0.1) is 0 Å². The highest BCUT2D eigenvalue weighted by Crippen LogP contribution is 1.98. The summed E-state index contributed by atoms with van der Waals surface area (Å²) in [5, 5.41) is 0. The molecule has 1 rings (SSSR count). The fourth-order valence-electron chi connectivity index (χ4n) is 0.825. The molecule has 1 heterocycles. The molecule has 0 aliphatic carbocycles. The van der Waals surface area contributed by atoms with Gasteiger partial charge in [0.2, 0.25) is 5.95 Å². The van der Waals surface area contributed by atoms with Crippen LogP contribution >= 0.6 is 0 Å². The normalized spacial score (nSPS) is 10.5. The summed E-state index contributed by atoms with van der Waals surface area (Å²) in [5.41, 5.74) is 6.34. The molecule has 60 valence electrons. The number of nitrogens with two attached hydrogens (primary N) is 1. The first-order valence-corrected chi connectivity index (χ1v) is 3.40. The molecule has 0 bridgehead atoms. The Morgan fingerprint density at radius 2 is 2.27 bits per heavy atom. The van der Waals surface area contributed by atoms with Crippen LogP contribution in [0.4, 0.5) is 5.95 Å². The van der Waals surface area contributed by atoms with Crippen molar-refractivity contribution in [3.05, 3.63) is 18.0 Å². The van der Waals surface area contributed by atoms with E-state index in [1.807, 2.05) is 25.1 Å². The van der Waals surface area contributed by atoms with Gasteiger partial charge in [-0.05, 0) is 20.2 Å². The molecule has 2 N–H and O–H groups in total. The number of aromatic nitrogens is 2. The summed E-state index contributed by atoms with van der Waals surface area (Å²) in [5.74, 6) is 0.337. The highest BCUT2D eigenvalue weighted by Gasteiger charge is 1.96. The molecule has 4 nitrogen and oxygen atoms in total. The summed E-state index contributed by atoms with van der Waals surface area (Å²) in [6.07, 6.45) is 1.67. The third kappa shape index (κ3) is 2.51. The minimum atomic E-state index is 0.337. The summed E-state index contributed by atoms with van der Waals surface area (Å²) in [6.45, 7) is 0.798. The Balaban J connectivity index is 2.71. The van der Waals surface area contributed by atoms with E-state index in [1.54, 1.807) is 6.20 Å². The van der Waals surface area contributed by atoms with Crippen molar-refractivity contribution in [1.29, 1.82) is 0 Å². The smallest absolute Gasteiger partial charge is 0.220 e. The molecule has 1 aromatic heterocycles. The van der Waals surface area contributed by atoms with E-state index in [0.29, 0.717) is 5.95 Å². The van der Waals surface area contributed by atoms with E-state index in [0.717, 1.165) is 12.2 Å².